The SMILES string of the molecule is CON(C)C(=O)c1c(F)ccc([N+](=O)[O-])c1F. The molecule has 0 aromatic heterocycles. The van der Waals surface area contributed by atoms with Gasteiger partial charge in [0.1, 0.15) is 11.4 Å². The molecule has 1 aromatic rings. The van der Waals surface area contributed by atoms with E-state index in [1.807, 2.05) is 0 Å². The summed E-state index contributed by atoms with van der Waals surface area (Å²) in [5.74, 6) is -3.86. The van der Waals surface area contributed by atoms with Gasteiger partial charge in [-0.15, -0.1) is 0 Å². The molecule has 1 aromatic carbocycles. The predicted molar refractivity (Wildman–Crippen MR) is 52.1 cm³/mol. The van der Waals surface area contributed by atoms with Crippen LogP contribution >= 0.6 is 0 Å². The van der Waals surface area contributed by atoms with Gasteiger partial charge in [0.2, 0.25) is 5.82 Å². The third-order valence-corrected chi connectivity index (χ3v) is 2.04. The molecule has 0 saturated carbocycles. The van der Waals surface area contributed by atoms with Crippen molar-refractivity contribution < 1.29 is 23.3 Å². The van der Waals surface area contributed by atoms with Crippen molar-refractivity contribution in [1.82, 2.24) is 5.06 Å². The molecule has 0 radical (unpaired) electrons. The summed E-state index contributed by atoms with van der Waals surface area (Å²) in [6, 6.07) is 1.30. The maximum absolute atomic E-state index is 13.5. The molecule has 0 saturated heterocycles. The zero-order chi connectivity index (χ0) is 13.2. The summed E-state index contributed by atoms with van der Waals surface area (Å²) >= 11 is 0. The van der Waals surface area contributed by atoms with E-state index in [0.29, 0.717) is 17.2 Å². The van der Waals surface area contributed by atoms with E-state index in [9.17, 15) is 23.7 Å². The lowest BCUT2D eigenvalue weighted by Gasteiger charge is -2.14. The second-order valence-electron chi connectivity index (χ2n) is 3.00. The van der Waals surface area contributed by atoms with Gasteiger partial charge in [-0.05, 0) is 6.07 Å². The van der Waals surface area contributed by atoms with Gasteiger partial charge in [0, 0.05) is 13.1 Å². The van der Waals surface area contributed by atoms with Gasteiger partial charge in [-0.1, -0.05) is 0 Å². The number of nitro benzene ring substituents is 1. The smallest absolute Gasteiger partial charge is 0.274 e. The molecule has 0 unspecified atom stereocenters. The molecule has 1 rings (SSSR count). The van der Waals surface area contributed by atoms with Gasteiger partial charge in [0.25, 0.3) is 5.91 Å². The fourth-order valence-corrected chi connectivity index (χ4v) is 1.12. The standard InChI is InChI=1S/C9H8F2N2O4/c1-12(17-2)9(14)7-5(10)3-4-6(8(7)11)13(15)16/h3-4H,1-2H3. The highest BCUT2D eigenvalue weighted by molar-refractivity contribution is 5.94. The van der Waals surface area contributed by atoms with Gasteiger partial charge in [-0.2, -0.15) is 4.39 Å². The van der Waals surface area contributed by atoms with Crippen LogP contribution in [0.3, 0.4) is 0 Å². The Hall–Kier alpha value is -2.09. The van der Waals surface area contributed by atoms with Gasteiger partial charge in [0.05, 0.1) is 12.0 Å². The molecule has 0 aliphatic carbocycles. The Morgan fingerprint density at radius 3 is 2.53 bits per heavy atom. The number of hydroxylamine groups is 2. The Morgan fingerprint density at radius 2 is 2.06 bits per heavy atom. The summed E-state index contributed by atoms with van der Waals surface area (Å²) in [6.45, 7) is 0. The molecule has 0 spiro atoms. The Balaban J connectivity index is 3.37. The van der Waals surface area contributed by atoms with Crippen LogP contribution in [0.2, 0.25) is 0 Å². The van der Waals surface area contributed by atoms with E-state index in [1.165, 1.54) is 0 Å². The fourth-order valence-electron chi connectivity index (χ4n) is 1.12. The molecule has 6 nitrogen and oxygen atoms in total. The van der Waals surface area contributed by atoms with Crippen molar-refractivity contribution in [2.24, 2.45) is 0 Å². The number of halogens is 2. The quantitative estimate of drug-likeness (QED) is 0.598. The molecule has 92 valence electrons. The Labute approximate surface area is 94.5 Å². The molecule has 0 aliphatic rings. The molecule has 0 heterocycles. The Morgan fingerprint density at radius 1 is 1.47 bits per heavy atom. The Kier molecular flexibility index (Phi) is 3.69. The first-order valence-electron chi connectivity index (χ1n) is 4.34. The van der Waals surface area contributed by atoms with Crippen LogP contribution in [0.25, 0.3) is 0 Å². The number of benzene rings is 1. The van der Waals surface area contributed by atoms with E-state index in [-0.39, 0.29) is 0 Å². The lowest BCUT2D eigenvalue weighted by atomic mass is 10.1. The molecule has 0 bridgehead atoms. The summed E-state index contributed by atoms with van der Waals surface area (Å²) < 4.78 is 26.8. The topological polar surface area (TPSA) is 72.7 Å². The second-order valence-corrected chi connectivity index (χ2v) is 3.00. The first-order valence-corrected chi connectivity index (χ1v) is 4.34. The van der Waals surface area contributed by atoms with Crippen LogP contribution in [-0.4, -0.2) is 30.1 Å². The largest absolute Gasteiger partial charge is 0.305 e. The highest BCUT2D eigenvalue weighted by Crippen LogP contribution is 2.23. The molecular formula is C9H8F2N2O4. The highest BCUT2D eigenvalue weighted by atomic mass is 19.1. The monoisotopic (exact) mass is 246 g/mol. The van der Waals surface area contributed by atoms with Crippen molar-refractivity contribution in [2.75, 3.05) is 14.2 Å². The normalized spacial score (nSPS) is 10.1. The zero-order valence-electron chi connectivity index (χ0n) is 8.94. The minimum Gasteiger partial charge on any atom is -0.274 e. The third-order valence-electron chi connectivity index (χ3n) is 2.04. The first-order chi connectivity index (χ1) is 7.90. The summed E-state index contributed by atoms with van der Waals surface area (Å²) in [5.41, 5.74) is -2.00. The predicted octanol–water partition coefficient (Wildman–Crippen LogP) is 1.51. The minimum atomic E-state index is -1.52. The van der Waals surface area contributed by atoms with Crippen molar-refractivity contribution in [2.45, 2.75) is 0 Å². The number of carbonyl (C=O) groups is 1. The van der Waals surface area contributed by atoms with Crippen LogP contribution in [-0.2, 0) is 4.84 Å². The number of nitro groups is 1. The molecule has 0 N–H and O–H groups in total. The number of amides is 1. The second kappa shape index (κ2) is 4.83. The molecule has 8 heteroatoms. The van der Waals surface area contributed by atoms with Gasteiger partial charge < -0.3 is 0 Å². The summed E-state index contributed by atoms with van der Waals surface area (Å²) in [7, 11) is 2.24. The zero-order valence-corrected chi connectivity index (χ0v) is 8.94. The van der Waals surface area contributed by atoms with E-state index < -0.39 is 33.7 Å². The van der Waals surface area contributed by atoms with Gasteiger partial charge in [-0.3, -0.25) is 19.7 Å². The number of carbonyl (C=O) groups excluding carboxylic acids is 1. The molecule has 17 heavy (non-hydrogen) atoms. The van der Waals surface area contributed by atoms with Crippen molar-refractivity contribution in [1.29, 1.82) is 0 Å². The van der Waals surface area contributed by atoms with E-state index in [4.69, 9.17) is 0 Å². The molecule has 0 atom stereocenters. The van der Waals surface area contributed by atoms with Crippen molar-refractivity contribution in [3.63, 3.8) is 0 Å². The van der Waals surface area contributed by atoms with Crippen molar-refractivity contribution in [3.05, 3.63) is 39.4 Å². The van der Waals surface area contributed by atoms with Crippen LogP contribution in [0, 0.1) is 21.7 Å². The fraction of sp³-hybridized carbons (Fsp3) is 0.222. The average molecular weight is 246 g/mol. The van der Waals surface area contributed by atoms with E-state index in [1.54, 1.807) is 0 Å². The van der Waals surface area contributed by atoms with Crippen molar-refractivity contribution >= 4 is 11.6 Å². The lowest BCUT2D eigenvalue weighted by molar-refractivity contribution is -0.387. The number of nitrogens with zero attached hydrogens (tertiary/aromatic N) is 2. The average Bonchev–Trinajstić information content (AvgIpc) is 2.27. The van der Waals surface area contributed by atoms with Crippen LogP contribution in [0.1, 0.15) is 10.4 Å². The molecule has 0 fully saturated rings. The maximum atomic E-state index is 13.5. The minimum absolute atomic E-state index is 0.561. The van der Waals surface area contributed by atoms with Crippen molar-refractivity contribution in [3.8, 4) is 0 Å². The van der Waals surface area contributed by atoms with E-state index >= 15 is 0 Å². The summed E-state index contributed by atoms with van der Waals surface area (Å²) in [4.78, 5) is 25.3. The maximum Gasteiger partial charge on any atom is 0.305 e. The van der Waals surface area contributed by atoms with Crippen LogP contribution < -0.4 is 0 Å². The first kappa shape index (κ1) is 13.0. The number of hydrogen-bond donors (Lipinski definition) is 0. The van der Waals surface area contributed by atoms with Gasteiger partial charge in [-0.25, -0.2) is 9.45 Å². The van der Waals surface area contributed by atoms with Crippen LogP contribution in [0.4, 0.5) is 14.5 Å². The van der Waals surface area contributed by atoms with Crippen LogP contribution in [0.15, 0.2) is 12.1 Å². The lowest BCUT2D eigenvalue weighted by Crippen LogP contribution is -2.27. The Bertz CT molecular complexity index is 478. The van der Waals surface area contributed by atoms with Crippen LogP contribution in [0.5, 0.6) is 0 Å². The van der Waals surface area contributed by atoms with E-state index in [0.717, 1.165) is 14.2 Å². The highest BCUT2D eigenvalue weighted by Gasteiger charge is 2.28. The van der Waals surface area contributed by atoms with Gasteiger partial charge in [0.15, 0.2) is 0 Å². The van der Waals surface area contributed by atoms with Gasteiger partial charge >= 0.3 is 5.69 Å². The third kappa shape index (κ3) is 2.36. The summed E-state index contributed by atoms with van der Waals surface area (Å²) in [6.07, 6.45) is 0. The number of hydrogen-bond acceptors (Lipinski definition) is 4. The summed E-state index contributed by atoms with van der Waals surface area (Å²) in [5, 5.41) is 11.0. The molecule has 0 aliphatic heterocycles. The molecule has 1 amide bonds. The van der Waals surface area contributed by atoms with E-state index in [2.05, 4.69) is 4.84 Å². The number of rotatable bonds is 3. The molecular weight excluding hydrogens is 238 g/mol.